The Balaban J connectivity index is 0.000000140. The van der Waals surface area contributed by atoms with Crippen molar-refractivity contribution in [3.05, 3.63) is 185 Å². The third-order valence-electron chi connectivity index (χ3n) is 16.4. The molecule has 434 valence electrons. The van der Waals surface area contributed by atoms with E-state index >= 15 is 0 Å². The van der Waals surface area contributed by atoms with Crippen LogP contribution in [0.2, 0.25) is 0 Å². The highest BCUT2D eigenvalue weighted by Crippen LogP contribution is 2.49. The van der Waals surface area contributed by atoms with Crippen molar-refractivity contribution in [3.63, 3.8) is 0 Å². The van der Waals surface area contributed by atoms with Crippen molar-refractivity contribution in [3.8, 4) is 11.5 Å². The Morgan fingerprint density at radius 1 is 0.518 bits per heavy atom. The second kappa shape index (κ2) is 25.2. The van der Waals surface area contributed by atoms with E-state index < -0.39 is 12.7 Å². The van der Waals surface area contributed by atoms with E-state index in [1.807, 2.05) is 83.8 Å². The number of Topliss-reactive ketones (excluding diaryl/α,β-unsaturated/α-hetero) is 2. The van der Waals surface area contributed by atoms with Crippen LogP contribution in [0.3, 0.4) is 0 Å². The summed E-state index contributed by atoms with van der Waals surface area (Å²) in [5.74, 6) is -1.11. The number of aliphatic hydroxyl groups is 1. The third kappa shape index (κ3) is 13.0. The number of unbranched alkanes of at least 4 members (excludes halogenated alkanes) is 1. The van der Waals surface area contributed by atoms with Crippen LogP contribution in [-0.4, -0.2) is 78.6 Å². The van der Waals surface area contributed by atoms with E-state index in [4.69, 9.17) is 9.84 Å². The molecule has 3 aliphatic carbocycles. The molecule has 13 nitrogen and oxygen atoms in total. The zero-order chi connectivity index (χ0) is 58.4. The summed E-state index contributed by atoms with van der Waals surface area (Å²) < 4.78 is 87.6. The standard InChI is InChI=1S/C24H27F3N2O3.C20H16F3NO3.C20H19NO3/c25-24(26,27)32-17-12-10-16(11-13-17)23(31)29-20-8-2-1-6-18(20)22(28-14-3-4-15-30)19-7-5-9-21(19)29;21-20(22,23)27-13-10-8-12(9-11-13)19(26)24-16-6-2-1-4-14(16)18(25)15-5-3-7-17(15)24;22-19-15-9-4-5-11-17(15)21(18-12-6-10-16(18)19)20(23)24-13-14-7-2-1-3-8-14/h1-2,6,8,10-13,19,21-22,28,30H,3-5,7,9,14-15H2;1-2,4,6,8-11,15,17H,3,5,7H2;1-5,7-9,11,16,18H,6,10,12-13H2. The first kappa shape index (κ1) is 58.2. The van der Waals surface area contributed by atoms with Crippen molar-refractivity contribution in [1.29, 1.82) is 0 Å². The lowest BCUT2D eigenvalue weighted by atomic mass is 9.82. The first-order valence-electron chi connectivity index (χ1n) is 28.1. The molecule has 3 amide bonds. The number of amides is 3. The first-order valence-corrected chi connectivity index (χ1v) is 28.1. The van der Waals surface area contributed by atoms with Gasteiger partial charge in [0.25, 0.3) is 11.8 Å². The van der Waals surface area contributed by atoms with Crippen molar-refractivity contribution in [2.45, 2.75) is 114 Å². The van der Waals surface area contributed by atoms with E-state index in [0.717, 1.165) is 106 Å². The van der Waals surface area contributed by atoms with Crippen molar-refractivity contribution < 1.29 is 69.6 Å². The van der Waals surface area contributed by atoms with E-state index in [-0.39, 0.29) is 102 Å². The van der Waals surface area contributed by atoms with Crippen molar-refractivity contribution in [2.24, 2.45) is 17.8 Å². The van der Waals surface area contributed by atoms with Gasteiger partial charge < -0.3 is 34.4 Å². The predicted octanol–water partition coefficient (Wildman–Crippen LogP) is 13.6. The van der Waals surface area contributed by atoms with Gasteiger partial charge >= 0.3 is 18.8 Å². The highest BCUT2D eigenvalue weighted by Gasteiger charge is 2.48. The SMILES string of the molecule is O=C(c1ccc(OC(F)(F)F)cc1)N1c2ccccc2C(NCCCCO)C2CCCC21.O=C1c2ccccc2N(C(=O)OCc2ccccc2)C2CCCC12.O=C1c2ccccc2N(C(=O)c2ccc(OC(F)(F)F)cc2)C2CCCC12. The molecule has 6 aromatic carbocycles. The van der Waals surface area contributed by atoms with Gasteiger partial charge in [0.15, 0.2) is 11.6 Å². The zero-order valence-electron chi connectivity index (χ0n) is 45.2. The van der Waals surface area contributed by atoms with Crippen molar-refractivity contribution in [1.82, 2.24) is 5.32 Å². The van der Waals surface area contributed by atoms with Crippen LogP contribution < -0.4 is 29.5 Å². The van der Waals surface area contributed by atoms with E-state index in [9.17, 15) is 50.3 Å². The molecule has 3 fully saturated rings. The van der Waals surface area contributed by atoms with Crippen LogP contribution >= 0.6 is 0 Å². The molecular weight excluding hydrogens is 1080 g/mol. The number of anilines is 3. The third-order valence-corrected chi connectivity index (χ3v) is 16.4. The summed E-state index contributed by atoms with van der Waals surface area (Å²) in [5, 5.41) is 12.7. The molecule has 0 spiro atoms. The maximum atomic E-state index is 13.5. The Morgan fingerprint density at radius 3 is 1.52 bits per heavy atom. The minimum absolute atomic E-state index is 0.0267. The summed E-state index contributed by atoms with van der Waals surface area (Å²) in [5.41, 5.74) is 5.84. The molecule has 6 aliphatic rings. The smallest absolute Gasteiger partial charge is 0.444 e. The number of ketones is 2. The Hall–Kier alpha value is -8.03. The van der Waals surface area contributed by atoms with Crippen LogP contribution in [0.15, 0.2) is 152 Å². The molecule has 7 atom stereocenters. The summed E-state index contributed by atoms with van der Waals surface area (Å²) in [6.45, 7) is 1.20. The topological polar surface area (TPSA) is 155 Å². The van der Waals surface area contributed by atoms with E-state index in [1.54, 1.807) is 34.1 Å². The number of halogens is 6. The largest absolute Gasteiger partial charge is 0.573 e. The average Bonchev–Trinajstić information content (AvgIpc) is 3.37. The Labute approximate surface area is 476 Å². The number of rotatable bonds is 11. The van der Waals surface area contributed by atoms with Crippen LogP contribution in [0.25, 0.3) is 0 Å². The van der Waals surface area contributed by atoms with Crippen molar-refractivity contribution in [2.75, 3.05) is 27.9 Å². The molecule has 2 N–H and O–H groups in total. The molecule has 83 heavy (non-hydrogen) atoms. The van der Waals surface area contributed by atoms with Gasteiger partial charge in [0.2, 0.25) is 0 Å². The Morgan fingerprint density at radius 2 is 0.976 bits per heavy atom. The van der Waals surface area contributed by atoms with E-state index in [1.165, 1.54) is 36.4 Å². The number of hydrogen-bond donors (Lipinski definition) is 2. The molecule has 0 radical (unpaired) electrons. The second-order valence-electron chi connectivity index (χ2n) is 21.5. The van der Waals surface area contributed by atoms with Crippen LogP contribution in [0, 0.1) is 17.8 Å². The normalized spacial score (nSPS) is 22.0. The number of nitrogens with zero attached hydrogens (tertiary/aromatic N) is 3. The molecule has 3 heterocycles. The Kier molecular flexibility index (Phi) is 17.7. The molecule has 19 heteroatoms. The monoisotopic (exact) mass is 1140 g/mol. The van der Waals surface area contributed by atoms with Crippen LogP contribution in [0.5, 0.6) is 11.5 Å². The number of para-hydroxylation sites is 3. The van der Waals surface area contributed by atoms with Gasteiger partial charge in [-0.1, -0.05) is 92.1 Å². The minimum Gasteiger partial charge on any atom is -0.444 e. The average molecular weight is 1150 g/mol. The number of benzene rings is 6. The molecule has 3 aliphatic heterocycles. The molecule has 7 unspecified atom stereocenters. The molecule has 12 rings (SSSR count). The molecule has 6 aromatic rings. The van der Waals surface area contributed by atoms with Crippen molar-refractivity contribution >= 4 is 46.5 Å². The molecule has 0 bridgehead atoms. The number of alkyl halides is 6. The Bertz CT molecular complexity index is 3290. The summed E-state index contributed by atoms with van der Waals surface area (Å²) in [4.78, 5) is 70.0. The molecule has 0 aromatic heterocycles. The number of hydrogen-bond acceptors (Lipinski definition) is 10. The predicted molar refractivity (Wildman–Crippen MR) is 297 cm³/mol. The van der Waals surface area contributed by atoms with Gasteiger partial charge in [-0.25, -0.2) is 4.79 Å². The van der Waals surface area contributed by atoms with Crippen LogP contribution in [0.1, 0.15) is 129 Å². The van der Waals surface area contributed by atoms with Gasteiger partial charge in [-0.05, 0) is 154 Å². The van der Waals surface area contributed by atoms with E-state index in [0.29, 0.717) is 28.1 Å². The second-order valence-corrected chi connectivity index (χ2v) is 21.5. The maximum absolute atomic E-state index is 13.5. The summed E-state index contributed by atoms with van der Waals surface area (Å²) >= 11 is 0. The number of aliphatic hydroxyl groups excluding tert-OH is 1. The highest BCUT2D eigenvalue weighted by atomic mass is 19.4. The molecule has 3 saturated carbocycles. The number of nitrogens with one attached hydrogen (secondary N) is 1. The van der Waals surface area contributed by atoms with Gasteiger partial charge in [0.1, 0.15) is 18.1 Å². The quantitative estimate of drug-likeness (QED) is 0.0946. The van der Waals surface area contributed by atoms with Crippen LogP contribution in [0.4, 0.5) is 48.2 Å². The minimum atomic E-state index is -4.78. The lowest BCUT2D eigenvalue weighted by Crippen LogP contribution is -2.50. The molecular formula is C64H62F6N4O9. The summed E-state index contributed by atoms with van der Waals surface area (Å²) in [6.07, 6.45) is -0.409. The van der Waals surface area contributed by atoms with Crippen LogP contribution in [-0.2, 0) is 11.3 Å². The first-order chi connectivity index (χ1) is 40.0. The summed E-state index contributed by atoms with van der Waals surface area (Å²) in [7, 11) is 0. The number of carbonyl (C=O) groups excluding carboxylic acids is 5. The fraction of sp³-hybridized carbons (Fsp3) is 0.359. The van der Waals surface area contributed by atoms with Gasteiger partial charge in [0.05, 0.1) is 17.4 Å². The highest BCUT2D eigenvalue weighted by molar-refractivity contribution is 6.15. The number of ether oxygens (including phenoxy) is 3. The zero-order valence-corrected chi connectivity index (χ0v) is 45.2. The number of carbonyl (C=O) groups is 5. The van der Waals surface area contributed by atoms with Gasteiger partial charge in [-0.15, -0.1) is 26.3 Å². The lowest BCUT2D eigenvalue weighted by molar-refractivity contribution is -0.275. The fourth-order valence-electron chi connectivity index (χ4n) is 12.9. The maximum Gasteiger partial charge on any atom is 0.573 e. The van der Waals surface area contributed by atoms with E-state index in [2.05, 4.69) is 14.8 Å². The lowest BCUT2D eigenvalue weighted by Gasteiger charge is -2.44. The van der Waals surface area contributed by atoms with Gasteiger partial charge in [-0.2, -0.15) is 0 Å². The fourth-order valence-corrected chi connectivity index (χ4v) is 12.9. The number of fused-ring (bicyclic) bond motifs is 6. The van der Waals surface area contributed by atoms with Gasteiger partial charge in [0, 0.05) is 64.5 Å². The molecule has 0 saturated heterocycles. The van der Waals surface area contributed by atoms with Gasteiger partial charge in [-0.3, -0.25) is 24.1 Å². The summed E-state index contributed by atoms with van der Waals surface area (Å²) in [6, 6.07) is 41.6.